The van der Waals surface area contributed by atoms with Crippen LogP contribution in [0, 0.1) is 6.92 Å². The first-order valence-electron chi connectivity index (χ1n) is 7.36. The summed E-state index contributed by atoms with van der Waals surface area (Å²) < 4.78 is 1.87. The van der Waals surface area contributed by atoms with Gasteiger partial charge in [0.25, 0.3) is 0 Å². The molecule has 4 aromatic rings. The number of nitrogens with zero attached hydrogens (tertiary/aromatic N) is 3. The molecule has 25 heavy (non-hydrogen) atoms. The van der Waals surface area contributed by atoms with Gasteiger partial charge < -0.3 is 10.1 Å². The summed E-state index contributed by atoms with van der Waals surface area (Å²) in [6.45, 7) is 1.77. The Morgan fingerprint density at radius 2 is 2.24 bits per heavy atom. The van der Waals surface area contributed by atoms with Crippen molar-refractivity contribution in [1.82, 2.24) is 19.6 Å². The summed E-state index contributed by atoms with van der Waals surface area (Å²) in [6.07, 6.45) is 1.88. The molecule has 0 radical (unpaired) electrons. The van der Waals surface area contributed by atoms with Crippen molar-refractivity contribution < 1.29 is 9.90 Å². The predicted octanol–water partition coefficient (Wildman–Crippen LogP) is 2.93. The number of pyridine rings is 2. The third-order valence-electron chi connectivity index (χ3n) is 3.84. The lowest BCUT2D eigenvalue weighted by Crippen LogP contribution is -2.05. The summed E-state index contributed by atoms with van der Waals surface area (Å²) in [5, 5.41) is 19.1. The first-order chi connectivity index (χ1) is 12.0. The molecule has 0 saturated heterocycles. The zero-order valence-electron chi connectivity index (χ0n) is 13.0. The maximum Gasteiger partial charge on any atom is 0.346 e. The van der Waals surface area contributed by atoms with E-state index >= 15 is 0 Å². The summed E-state index contributed by atoms with van der Waals surface area (Å²) in [4.78, 5) is 26.9. The Bertz CT molecular complexity index is 1180. The number of aromatic carboxylic acids is 1. The van der Waals surface area contributed by atoms with Gasteiger partial charge in [0.15, 0.2) is 10.8 Å². The fraction of sp³-hybridized carbons (Fsp3) is 0.125. The van der Waals surface area contributed by atoms with E-state index in [1.54, 1.807) is 6.92 Å². The van der Waals surface area contributed by atoms with E-state index in [9.17, 15) is 14.7 Å². The summed E-state index contributed by atoms with van der Waals surface area (Å²) >= 11 is 2.54. The third kappa shape index (κ3) is 2.71. The van der Waals surface area contributed by atoms with Crippen molar-refractivity contribution >= 4 is 44.9 Å². The number of hydrogen-bond donors (Lipinski definition) is 2. The lowest BCUT2D eigenvalue weighted by molar-refractivity contribution is 0.0701. The summed E-state index contributed by atoms with van der Waals surface area (Å²) in [6, 6.07) is 7.17. The van der Waals surface area contributed by atoms with Crippen molar-refractivity contribution in [3.8, 4) is 0 Å². The molecule has 126 valence electrons. The molecule has 0 fully saturated rings. The van der Waals surface area contributed by atoms with Crippen LogP contribution < -0.4 is 5.56 Å². The molecule has 4 heterocycles. The SMILES string of the molecule is Cc1c(C(=O)O)sc2[nH]c(=O)cc(CSc3nnc4ccccn34)c12. The number of hydrogen-bond acceptors (Lipinski definition) is 6. The average molecular weight is 372 g/mol. The second-order valence-electron chi connectivity index (χ2n) is 5.42. The van der Waals surface area contributed by atoms with Gasteiger partial charge in [-0.15, -0.1) is 21.5 Å². The van der Waals surface area contributed by atoms with Gasteiger partial charge in [0.1, 0.15) is 9.71 Å². The highest BCUT2D eigenvalue weighted by Gasteiger charge is 2.18. The second kappa shape index (κ2) is 6.01. The molecule has 9 heteroatoms. The Balaban J connectivity index is 1.76. The minimum atomic E-state index is -0.985. The Kier molecular flexibility index (Phi) is 3.81. The van der Waals surface area contributed by atoms with Gasteiger partial charge in [-0.25, -0.2) is 4.79 Å². The highest BCUT2D eigenvalue weighted by atomic mass is 32.2. The monoisotopic (exact) mass is 372 g/mol. The lowest BCUT2D eigenvalue weighted by Gasteiger charge is -2.04. The van der Waals surface area contributed by atoms with Crippen LogP contribution in [0.2, 0.25) is 0 Å². The van der Waals surface area contributed by atoms with E-state index in [0.29, 0.717) is 16.1 Å². The number of H-pyrrole nitrogens is 1. The first-order valence-corrected chi connectivity index (χ1v) is 9.16. The number of carboxylic acid groups (broad SMARTS) is 1. The number of thiophene rings is 1. The van der Waals surface area contributed by atoms with Gasteiger partial charge in [-0.05, 0) is 30.2 Å². The molecule has 0 aliphatic rings. The number of aromatic amines is 1. The largest absolute Gasteiger partial charge is 0.477 e. The van der Waals surface area contributed by atoms with Crippen LogP contribution in [0.3, 0.4) is 0 Å². The lowest BCUT2D eigenvalue weighted by atomic mass is 10.1. The number of rotatable bonds is 4. The Labute approximate surface area is 149 Å². The highest BCUT2D eigenvalue weighted by Crippen LogP contribution is 2.33. The number of carboxylic acids is 1. The highest BCUT2D eigenvalue weighted by molar-refractivity contribution is 7.98. The van der Waals surface area contributed by atoms with Gasteiger partial charge in [0.2, 0.25) is 5.56 Å². The second-order valence-corrected chi connectivity index (χ2v) is 7.39. The van der Waals surface area contributed by atoms with Crippen LogP contribution in [-0.4, -0.2) is 30.7 Å². The quantitative estimate of drug-likeness (QED) is 0.534. The molecule has 0 saturated carbocycles. The molecule has 7 nitrogen and oxygen atoms in total. The molecule has 2 N–H and O–H groups in total. The molecule has 0 unspecified atom stereocenters. The van der Waals surface area contributed by atoms with Gasteiger partial charge in [-0.3, -0.25) is 9.20 Å². The van der Waals surface area contributed by atoms with E-state index in [1.807, 2.05) is 28.8 Å². The van der Waals surface area contributed by atoms with Gasteiger partial charge in [0, 0.05) is 23.4 Å². The van der Waals surface area contributed by atoms with Gasteiger partial charge in [0.05, 0.1) is 0 Å². The molecule has 0 atom stereocenters. The minimum absolute atomic E-state index is 0.243. The van der Waals surface area contributed by atoms with Crippen LogP contribution in [0.15, 0.2) is 40.4 Å². The van der Waals surface area contributed by atoms with E-state index < -0.39 is 5.97 Å². The number of aromatic nitrogens is 4. The zero-order chi connectivity index (χ0) is 17.6. The van der Waals surface area contributed by atoms with E-state index in [4.69, 9.17) is 0 Å². The van der Waals surface area contributed by atoms with E-state index in [-0.39, 0.29) is 10.4 Å². The van der Waals surface area contributed by atoms with Crippen molar-refractivity contribution in [1.29, 1.82) is 0 Å². The van der Waals surface area contributed by atoms with Crippen LogP contribution in [0.25, 0.3) is 15.9 Å². The molecule has 0 aromatic carbocycles. The standard InChI is InChI=1S/C16H12N4O3S2/c1-8-12-9(6-11(21)17-14(12)25-13(8)15(22)23)7-24-16-19-18-10-4-2-3-5-20(10)16/h2-6H,7H2,1H3,(H,17,21)(H,22,23). The number of aryl methyl sites for hydroxylation is 1. The molecular formula is C16H12N4O3S2. The molecular weight excluding hydrogens is 360 g/mol. The van der Waals surface area contributed by atoms with Gasteiger partial charge in [-0.2, -0.15) is 0 Å². The van der Waals surface area contributed by atoms with E-state index in [2.05, 4.69) is 15.2 Å². The van der Waals surface area contributed by atoms with Crippen molar-refractivity contribution in [2.75, 3.05) is 0 Å². The fourth-order valence-corrected chi connectivity index (χ4v) is 4.73. The number of nitrogens with one attached hydrogen (secondary N) is 1. The van der Waals surface area contributed by atoms with Crippen molar-refractivity contribution in [2.24, 2.45) is 0 Å². The van der Waals surface area contributed by atoms with Crippen LogP contribution in [0.4, 0.5) is 0 Å². The van der Waals surface area contributed by atoms with Crippen molar-refractivity contribution in [3.05, 3.63) is 56.8 Å². The van der Waals surface area contributed by atoms with Gasteiger partial charge in [-0.1, -0.05) is 17.8 Å². The molecule has 0 amide bonds. The zero-order valence-corrected chi connectivity index (χ0v) is 14.6. The first kappa shape index (κ1) is 15.9. The summed E-state index contributed by atoms with van der Waals surface area (Å²) in [5.74, 6) is -0.492. The molecule has 0 bridgehead atoms. The summed E-state index contributed by atoms with van der Waals surface area (Å²) in [5.41, 5.74) is 1.97. The van der Waals surface area contributed by atoms with E-state index in [1.165, 1.54) is 17.8 Å². The summed E-state index contributed by atoms with van der Waals surface area (Å²) in [7, 11) is 0. The molecule has 4 aromatic heterocycles. The van der Waals surface area contributed by atoms with Crippen LogP contribution in [-0.2, 0) is 5.75 Å². The van der Waals surface area contributed by atoms with Gasteiger partial charge >= 0.3 is 5.97 Å². The van der Waals surface area contributed by atoms with E-state index in [0.717, 1.165) is 33.1 Å². The predicted molar refractivity (Wildman–Crippen MR) is 96.7 cm³/mol. The smallest absolute Gasteiger partial charge is 0.346 e. The normalized spacial score (nSPS) is 11.4. The molecule has 0 spiro atoms. The molecule has 0 aliphatic carbocycles. The topological polar surface area (TPSA) is 100 Å². The third-order valence-corrected chi connectivity index (χ3v) is 6.03. The maximum absolute atomic E-state index is 11.9. The minimum Gasteiger partial charge on any atom is -0.477 e. The Morgan fingerprint density at radius 1 is 1.40 bits per heavy atom. The number of carbonyl (C=O) groups is 1. The van der Waals surface area contributed by atoms with Crippen molar-refractivity contribution in [3.63, 3.8) is 0 Å². The fourth-order valence-electron chi connectivity index (χ4n) is 2.74. The Hall–Kier alpha value is -2.65. The number of thioether (sulfide) groups is 1. The molecule has 0 aliphatic heterocycles. The average Bonchev–Trinajstić information content (AvgIpc) is 3.14. The van der Waals surface area contributed by atoms with Crippen LogP contribution in [0.1, 0.15) is 20.8 Å². The maximum atomic E-state index is 11.9. The van der Waals surface area contributed by atoms with Crippen LogP contribution >= 0.6 is 23.1 Å². The molecule has 4 rings (SSSR count). The Morgan fingerprint density at radius 3 is 3.04 bits per heavy atom. The van der Waals surface area contributed by atoms with Crippen LogP contribution in [0.5, 0.6) is 0 Å². The number of fused-ring (bicyclic) bond motifs is 2. The van der Waals surface area contributed by atoms with Crippen molar-refractivity contribution in [2.45, 2.75) is 17.8 Å².